The van der Waals surface area contributed by atoms with Crippen LogP contribution in [0.3, 0.4) is 0 Å². The van der Waals surface area contributed by atoms with Gasteiger partial charge in [0.05, 0.1) is 11.9 Å². The molecule has 0 radical (unpaired) electrons. The molecule has 0 aliphatic rings. The lowest BCUT2D eigenvalue weighted by Crippen LogP contribution is -2.15. The summed E-state index contributed by atoms with van der Waals surface area (Å²) in [5, 5.41) is 0. The third-order valence-electron chi connectivity index (χ3n) is 1.99. The Hall–Kier alpha value is -0.460. The van der Waals surface area contributed by atoms with Crippen molar-refractivity contribution in [2.45, 2.75) is 71.8 Å². The standard InChI is InChI=1S/C13H26O/c1-5-6-7-8-9-10-11-12-14-13(2,3)4/h11-12H,5-10H2,1-4H3/b12-11-. The molecule has 0 aliphatic heterocycles. The summed E-state index contributed by atoms with van der Waals surface area (Å²) in [7, 11) is 0. The minimum absolute atomic E-state index is 0.0429. The molecule has 0 aromatic carbocycles. The van der Waals surface area contributed by atoms with E-state index >= 15 is 0 Å². The average Bonchev–Trinajstić information content (AvgIpc) is 2.08. The number of hydrogen-bond acceptors (Lipinski definition) is 1. The second-order valence-corrected chi connectivity index (χ2v) is 4.80. The summed E-state index contributed by atoms with van der Waals surface area (Å²) in [5.74, 6) is 0. The molecule has 0 aromatic rings. The Labute approximate surface area is 89.5 Å². The largest absolute Gasteiger partial charge is 0.496 e. The summed E-state index contributed by atoms with van der Waals surface area (Å²) >= 11 is 0. The zero-order valence-electron chi connectivity index (χ0n) is 10.3. The second kappa shape index (κ2) is 7.90. The average molecular weight is 198 g/mol. The van der Waals surface area contributed by atoms with Gasteiger partial charge in [0.15, 0.2) is 0 Å². The molecule has 0 saturated heterocycles. The van der Waals surface area contributed by atoms with Crippen LogP contribution in [0.2, 0.25) is 0 Å². The molecule has 0 spiro atoms. The van der Waals surface area contributed by atoms with Gasteiger partial charge >= 0.3 is 0 Å². The predicted molar refractivity (Wildman–Crippen MR) is 63.4 cm³/mol. The Morgan fingerprint density at radius 3 is 2.21 bits per heavy atom. The molecule has 14 heavy (non-hydrogen) atoms. The highest BCUT2D eigenvalue weighted by Gasteiger charge is 2.06. The Balaban J connectivity index is 3.19. The molecule has 1 nitrogen and oxygen atoms in total. The van der Waals surface area contributed by atoms with Gasteiger partial charge in [0.2, 0.25) is 0 Å². The molecule has 1 heteroatoms. The van der Waals surface area contributed by atoms with Crippen LogP contribution in [0.1, 0.15) is 66.2 Å². The quantitative estimate of drug-likeness (QED) is 0.426. The highest BCUT2D eigenvalue weighted by molar-refractivity contribution is 4.76. The number of ether oxygens (including phenoxy) is 1. The van der Waals surface area contributed by atoms with Crippen molar-refractivity contribution in [1.29, 1.82) is 0 Å². The van der Waals surface area contributed by atoms with Crippen LogP contribution in [-0.2, 0) is 4.74 Å². The molecule has 84 valence electrons. The van der Waals surface area contributed by atoms with E-state index in [4.69, 9.17) is 4.74 Å². The van der Waals surface area contributed by atoms with Crippen molar-refractivity contribution in [1.82, 2.24) is 0 Å². The third-order valence-corrected chi connectivity index (χ3v) is 1.99. The summed E-state index contributed by atoms with van der Waals surface area (Å²) in [6.45, 7) is 8.45. The van der Waals surface area contributed by atoms with Crippen molar-refractivity contribution >= 4 is 0 Å². The van der Waals surface area contributed by atoms with E-state index in [9.17, 15) is 0 Å². The fraction of sp³-hybridized carbons (Fsp3) is 0.846. The van der Waals surface area contributed by atoms with Crippen molar-refractivity contribution in [2.24, 2.45) is 0 Å². The molecule has 0 fully saturated rings. The number of rotatable bonds is 7. The molecule has 0 amide bonds. The summed E-state index contributed by atoms with van der Waals surface area (Å²) in [6.07, 6.45) is 11.9. The smallest absolute Gasteiger partial charge is 0.0998 e. The van der Waals surface area contributed by atoms with E-state index in [0.717, 1.165) is 6.42 Å². The van der Waals surface area contributed by atoms with E-state index in [1.165, 1.54) is 32.1 Å². The lowest BCUT2D eigenvalue weighted by Gasteiger charge is -2.17. The second-order valence-electron chi connectivity index (χ2n) is 4.80. The van der Waals surface area contributed by atoms with Crippen LogP contribution >= 0.6 is 0 Å². The van der Waals surface area contributed by atoms with Gasteiger partial charge < -0.3 is 4.74 Å². The summed E-state index contributed by atoms with van der Waals surface area (Å²) < 4.78 is 5.48. The van der Waals surface area contributed by atoms with Gasteiger partial charge in [0.1, 0.15) is 0 Å². The van der Waals surface area contributed by atoms with E-state index < -0.39 is 0 Å². The normalized spacial score (nSPS) is 12.3. The molecular weight excluding hydrogens is 172 g/mol. The van der Waals surface area contributed by atoms with Gasteiger partial charge in [-0.1, -0.05) is 32.6 Å². The molecule has 0 saturated carbocycles. The van der Waals surface area contributed by atoms with Crippen LogP contribution in [0, 0.1) is 0 Å². The van der Waals surface area contributed by atoms with Crippen molar-refractivity contribution in [2.75, 3.05) is 0 Å². The first-order valence-corrected chi connectivity index (χ1v) is 5.89. The molecule has 0 unspecified atom stereocenters. The minimum atomic E-state index is -0.0429. The Bertz CT molecular complexity index is 142. The van der Waals surface area contributed by atoms with Gasteiger partial charge in [-0.25, -0.2) is 0 Å². The van der Waals surface area contributed by atoms with Crippen LogP contribution in [0.5, 0.6) is 0 Å². The van der Waals surface area contributed by atoms with Crippen molar-refractivity contribution in [3.05, 3.63) is 12.3 Å². The van der Waals surface area contributed by atoms with Crippen LogP contribution in [0.25, 0.3) is 0 Å². The van der Waals surface area contributed by atoms with Crippen molar-refractivity contribution in [3.8, 4) is 0 Å². The zero-order valence-corrected chi connectivity index (χ0v) is 10.3. The maximum absolute atomic E-state index is 5.48. The first-order valence-electron chi connectivity index (χ1n) is 5.89. The summed E-state index contributed by atoms with van der Waals surface area (Å²) in [5.41, 5.74) is -0.0429. The molecular formula is C13H26O. The van der Waals surface area contributed by atoms with E-state index in [1.807, 2.05) is 6.26 Å². The van der Waals surface area contributed by atoms with E-state index in [2.05, 4.69) is 33.8 Å². The van der Waals surface area contributed by atoms with Gasteiger partial charge in [-0.15, -0.1) is 0 Å². The highest BCUT2D eigenvalue weighted by Crippen LogP contribution is 2.09. The van der Waals surface area contributed by atoms with Crippen molar-refractivity contribution < 1.29 is 4.74 Å². The SMILES string of the molecule is CCCCCCC/C=C\OC(C)(C)C. The number of unbranched alkanes of at least 4 members (excludes halogenated alkanes) is 5. The van der Waals surface area contributed by atoms with Crippen LogP contribution in [0.4, 0.5) is 0 Å². The van der Waals surface area contributed by atoms with E-state index in [-0.39, 0.29) is 5.60 Å². The topological polar surface area (TPSA) is 9.23 Å². The van der Waals surface area contributed by atoms with E-state index in [0.29, 0.717) is 0 Å². The van der Waals surface area contributed by atoms with Gasteiger partial charge in [-0.2, -0.15) is 0 Å². The Morgan fingerprint density at radius 2 is 1.64 bits per heavy atom. The first kappa shape index (κ1) is 13.5. The Kier molecular flexibility index (Phi) is 7.64. The molecule has 0 aliphatic carbocycles. The molecule has 0 atom stereocenters. The lowest BCUT2D eigenvalue weighted by molar-refractivity contribution is 0.0761. The molecule has 0 N–H and O–H groups in total. The summed E-state index contributed by atoms with van der Waals surface area (Å²) in [6, 6.07) is 0. The Morgan fingerprint density at radius 1 is 1.00 bits per heavy atom. The first-order chi connectivity index (χ1) is 6.56. The monoisotopic (exact) mass is 198 g/mol. The molecule has 0 aromatic heterocycles. The van der Waals surface area contributed by atoms with Gasteiger partial charge in [0, 0.05) is 0 Å². The number of hydrogen-bond donors (Lipinski definition) is 0. The highest BCUT2D eigenvalue weighted by atomic mass is 16.5. The zero-order chi connectivity index (χ0) is 10.9. The predicted octanol–water partition coefficient (Wildman–Crippen LogP) is 4.68. The fourth-order valence-electron chi connectivity index (χ4n) is 1.19. The fourth-order valence-corrected chi connectivity index (χ4v) is 1.19. The van der Waals surface area contributed by atoms with E-state index in [1.54, 1.807) is 0 Å². The number of allylic oxidation sites excluding steroid dienone is 1. The maximum Gasteiger partial charge on any atom is 0.0998 e. The minimum Gasteiger partial charge on any atom is -0.496 e. The summed E-state index contributed by atoms with van der Waals surface area (Å²) in [4.78, 5) is 0. The van der Waals surface area contributed by atoms with Crippen LogP contribution in [0.15, 0.2) is 12.3 Å². The van der Waals surface area contributed by atoms with Crippen molar-refractivity contribution in [3.63, 3.8) is 0 Å². The van der Waals surface area contributed by atoms with Crippen LogP contribution < -0.4 is 0 Å². The van der Waals surface area contributed by atoms with Gasteiger partial charge in [-0.05, 0) is 39.7 Å². The van der Waals surface area contributed by atoms with Gasteiger partial charge in [-0.3, -0.25) is 0 Å². The lowest BCUT2D eigenvalue weighted by atomic mass is 10.1. The third kappa shape index (κ3) is 11.5. The van der Waals surface area contributed by atoms with Gasteiger partial charge in [0.25, 0.3) is 0 Å². The molecule has 0 bridgehead atoms. The maximum atomic E-state index is 5.48. The molecule has 0 heterocycles. The van der Waals surface area contributed by atoms with Crippen LogP contribution in [-0.4, -0.2) is 5.60 Å². The molecule has 0 rings (SSSR count).